The second kappa shape index (κ2) is 5.27. The molecule has 0 saturated carbocycles. The summed E-state index contributed by atoms with van der Waals surface area (Å²) < 4.78 is 5.11. The Morgan fingerprint density at radius 2 is 2.00 bits per heavy atom. The first-order valence-electron chi connectivity index (χ1n) is 5.17. The average molecular weight is 232 g/mol. The van der Waals surface area contributed by atoms with Gasteiger partial charge in [0.15, 0.2) is 0 Å². The van der Waals surface area contributed by atoms with Crippen LogP contribution >= 0.6 is 0 Å². The molecule has 2 N–H and O–H groups in total. The quantitative estimate of drug-likeness (QED) is 0.820. The van der Waals surface area contributed by atoms with Gasteiger partial charge in [0.1, 0.15) is 5.76 Å². The molecule has 0 aliphatic carbocycles. The number of aromatic nitrogens is 1. The zero-order valence-corrected chi connectivity index (χ0v) is 9.09. The molecule has 0 aromatic carbocycles. The van der Waals surface area contributed by atoms with Gasteiger partial charge in [0.25, 0.3) is 0 Å². The van der Waals surface area contributed by atoms with Crippen LogP contribution in [-0.2, 0) is 13.1 Å². The van der Waals surface area contributed by atoms with Crippen molar-refractivity contribution in [1.82, 2.24) is 10.3 Å². The number of furan rings is 1. The Morgan fingerprint density at radius 1 is 1.24 bits per heavy atom. The Bertz CT molecular complexity index is 493. The molecule has 2 aromatic rings. The summed E-state index contributed by atoms with van der Waals surface area (Å²) in [6, 6.07) is 6.93. The Kier molecular flexibility index (Phi) is 3.52. The Hall–Kier alpha value is -2.14. The number of carbonyl (C=O) groups is 1. The lowest BCUT2D eigenvalue weighted by atomic mass is 10.3. The van der Waals surface area contributed by atoms with E-state index in [1.165, 1.54) is 6.07 Å². The lowest BCUT2D eigenvalue weighted by Crippen LogP contribution is -2.12. The molecule has 17 heavy (non-hydrogen) atoms. The number of pyridine rings is 1. The smallest absolute Gasteiger partial charge is 0.371 e. The van der Waals surface area contributed by atoms with Gasteiger partial charge in [-0.2, -0.15) is 0 Å². The van der Waals surface area contributed by atoms with E-state index in [2.05, 4.69) is 10.3 Å². The SMILES string of the molecule is O=C(O)c1ccc(CNCc2ccncc2)o1. The molecule has 0 bridgehead atoms. The number of aromatic carboxylic acids is 1. The van der Waals surface area contributed by atoms with E-state index in [4.69, 9.17) is 9.52 Å². The van der Waals surface area contributed by atoms with Gasteiger partial charge in [0.05, 0.1) is 6.54 Å². The van der Waals surface area contributed by atoms with Crippen LogP contribution in [0.15, 0.2) is 41.1 Å². The Morgan fingerprint density at radius 3 is 2.65 bits per heavy atom. The number of carboxylic acids is 1. The van der Waals surface area contributed by atoms with E-state index in [1.807, 2.05) is 12.1 Å². The molecule has 0 fully saturated rings. The van der Waals surface area contributed by atoms with Crippen LogP contribution in [0.3, 0.4) is 0 Å². The van der Waals surface area contributed by atoms with Crippen molar-refractivity contribution in [2.45, 2.75) is 13.1 Å². The molecule has 0 aliphatic heterocycles. The fraction of sp³-hybridized carbons (Fsp3) is 0.167. The summed E-state index contributed by atoms with van der Waals surface area (Å²) in [7, 11) is 0. The van der Waals surface area contributed by atoms with Crippen LogP contribution < -0.4 is 5.32 Å². The van der Waals surface area contributed by atoms with Gasteiger partial charge in [-0.1, -0.05) is 0 Å². The number of rotatable bonds is 5. The van der Waals surface area contributed by atoms with Crippen molar-refractivity contribution in [1.29, 1.82) is 0 Å². The van der Waals surface area contributed by atoms with Crippen molar-refractivity contribution in [2.24, 2.45) is 0 Å². The van der Waals surface area contributed by atoms with Crippen LogP contribution in [-0.4, -0.2) is 16.1 Å². The fourth-order valence-electron chi connectivity index (χ4n) is 1.42. The highest BCUT2D eigenvalue weighted by Crippen LogP contribution is 2.07. The fourth-order valence-corrected chi connectivity index (χ4v) is 1.42. The molecule has 0 radical (unpaired) electrons. The van der Waals surface area contributed by atoms with Gasteiger partial charge >= 0.3 is 5.97 Å². The minimum Gasteiger partial charge on any atom is -0.475 e. The maximum atomic E-state index is 10.6. The molecule has 5 heteroatoms. The molecular formula is C12H12N2O3. The standard InChI is InChI=1S/C12H12N2O3/c15-12(16)11-2-1-10(17-11)8-14-7-9-3-5-13-6-4-9/h1-6,14H,7-8H2,(H,15,16). The zero-order chi connectivity index (χ0) is 12.1. The predicted octanol–water partition coefficient (Wildman–Crippen LogP) is 1.66. The molecular weight excluding hydrogens is 220 g/mol. The minimum absolute atomic E-state index is 0.0364. The first-order valence-corrected chi connectivity index (χ1v) is 5.17. The number of hydrogen-bond donors (Lipinski definition) is 2. The molecule has 2 heterocycles. The van der Waals surface area contributed by atoms with Crippen LogP contribution in [0, 0.1) is 0 Å². The maximum absolute atomic E-state index is 10.6. The highest BCUT2D eigenvalue weighted by atomic mass is 16.4. The molecule has 2 aromatic heterocycles. The van der Waals surface area contributed by atoms with E-state index in [0.717, 1.165) is 5.56 Å². The summed E-state index contributed by atoms with van der Waals surface area (Å²) in [5.41, 5.74) is 1.12. The molecule has 0 saturated heterocycles. The molecule has 0 aliphatic rings. The molecule has 2 rings (SSSR count). The number of carboxylic acid groups (broad SMARTS) is 1. The molecule has 0 spiro atoms. The van der Waals surface area contributed by atoms with Gasteiger partial charge in [-0.3, -0.25) is 4.98 Å². The molecule has 0 amide bonds. The van der Waals surface area contributed by atoms with Crippen molar-refractivity contribution in [3.05, 3.63) is 53.7 Å². The van der Waals surface area contributed by atoms with Crippen molar-refractivity contribution in [3.63, 3.8) is 0 Å². The summed E-state index contributed by atoms with van der Waals surface area (Å²) in [6.45, 7) is 1.18. The maximum Gasteiger partial charge on any atom is 0.371 e. The molecule has 88 valence electrons. The van der Waals surface area contributed by atoms with Gasteiger partial charge in [-0.15, -0.1) is 0 Å². The second-order valence-corrected chi connectivity index (χ2v) is 3.53. The van der Waals surface area contributed by atoms with Crippen molar-refractivity contribution >= 4 is 5.97 Å². The summed E-state index contributed by atoms with van der Waals surface area (Å²) in [6.07, 6.45) is 3.46. The summed E-state index contributed by atoms with van der Waals surface area (Å²) >= 11 is 0. The summed E-state index contributed by atoms with van der Waals surface area (Å²) in [5, 5.41) is 11.8. The van der Waals surface area contributed by atoms with Gasteiger partial charge in [0, 0.05) is 18.9 Å². The van der Waals surface area contributed by atoms with Crippen LogP contribution in [0.1, 0.15) is 21.9 Å². The van der Waals surface area contributed by atoms with Gasteiger partial charge < -0.3 is 14.8 Å². The number of nitrogens with zero attached hydrogens (tertiary/aromatic N) is 1. The zero-order valence-electron chi connectivity index (χ0n) is 9.09. The lowest BCUT2D eigenvalue weighted by molar-refractivity contribution is 0.0660. The molecule has 0 unspecified atom stereocenters. The normalized spacial score (nSPS) is 10.4. The third kappa shape index (κ3) is 3.15. The summed E-state index contributed by atoms with van der Waals surface area (Å²) in [4.78, 5) is 14.5. The van der Waals surface area contributed by atoms with E-state index in [0.29, 0.717) is 18.8 Å². The first kappa shape index (κ1) is 11.3. The Labute approximate surface area is 98.1 Å². The van der Waals surface area contributed by atoms with Crippen molar-refractivity contribution in [2.75, 3.05) is 0 Å². The van der Waals surface area contributed by atoms with Crippen LogP contribution in [0.25, 0.3) is 0 Å². The summed E-state index contributed by atoms with van der Waals surface area (Å²) in [5.74, 6) is -0.479. The van der Waals surface area contributed by atoms with Gasteiger partial charge in [0.2, 0.25) is 5.76 Å². The van der Waals surface area contributed by atoms with Gasteiger partial charge in [-0.25, -0.2) is 4.79 Å². The second-order valence-electron chi connectivity index (χ2n) is 3.53. The number of nitrogens with one attached hydrogen (secondary N) is 1. The van der Waals surface area contributed by atoms with Crippen molar-refractivity contribution in [3.8, 4) is 0 Å². The van der Waals surface area contributed by atoms with Crippen LogP contribution in [0.4, 0.5) is 0 Å². The van der Waals surface area contributed by atoms with E-state index >= 15 is 0 Å². The van der Waals surface area contributed by atoms with Crippen LogP contribution in [0.2, 0.25) is 0 Å². The van der Waals surface area contributed by atoms with E-state index < -0.39 is 5.97 Å². The van der Waals surface area contributed by atoms with Crippen molar-refractivity contribution < 1.29 is 14.3 Å². The topological polar surface area (TPSA) is 75.4 Å². The van der Waals surface area contributed by atoms with E-state index in [9.17, 15) is 4.79 Å². The highest BCUT2D eigenvalue weighted by Gasteiger charge is 2.08. The Balaban J connectivity index is 1.84. The average Bonchev–Trinajstić information content (AvgIpc) is 2.79. The largest absolute Gasteiger partial charge is 0.475 e. The third-order valence-electron chi connectivity index (χ3n) is 2.25. The van der Waals surface area contributed by atoms with E-state index in [1.54, 1.807) is 18.5 Å². The predicted molar refractivity (Wildman–Crippen MR) is 60.4 cm³/mol. The monoisotopic (exact) mass is 232 g/mol. The van der Waals surface area contributed by atoms with Crippen LogP contribution in [0.5, 0.6) is 0 Å². The number of hydrogen-bond acceptors (Lipinski definition) is 4. The first-order chi connectivity index (χ1) is 8.25. The minimum atomic E-state index is -1.05. The van der Waals surface area contributed by atoms with Gasteiger partial charge in [-0.05, 0) is 29.8 Å². The van der Waals surface area contributed by atoms with E-state index in [-0.39, 0.29) is 5.76 Å². The molecule has 5 nitrogen and oxygen atoms in total. The third-order valence-corrected chi connectivity index (χ3v) is 2.25. The lowest BCUT2D eigenvalue weighted by Gasteiger charge is -2.02. The molecule has 0 atom stereocenters. The highest BCUT2D eigenvalue weighted by molar-refractivity contribution is 5.84.